The third kappa shape index (κ3) is 4.16. The van der Waals surface area contributed by atoms with Crippen LogP contribution >= 0.6 is 11.8 Å². The summed E-state index contributed by atoms with van der Waals surface area (Å²) in [5.74, 6) is -1.68. The molecule has 1 aromatic heterocycles. The van der Waals surface area contributed by atoms with Crippen LogP contribution in [-0.2, 0) is 0 Å². The van der Waals surface area contributed by atoms with Crippen LogP contribution in [0.2, 0.25) is 0 Å². The predicted molar refractivity (Wildman–Crippen MR) is 78.1 cm³/mol. The minimum Gasteiger partial charge on any atom is -0.369 e. The first-order chi connectivity index (χ1) is 9.69. The van der Waals surface area contributed by atoms with Gasteiger partial charge in [0.1, 0.15) is 5.82 Å². The van der Waals surface area contributed by atoms with Crippen molar-refractivity contribution in [1.29, 1.82) is 0 Å². The summed E-state index contributed by atoms with van der Waals surface area (Å²) in [5.41, 5.74) is 1.58. The van der Waals surface area contributed by atoms with Gasteiger partial charge in [-0.05, 0) is 18.6 Å². The molecule has 1 aromatic carbocycles. The lowest BCUT2D eigenvalue weighted by Crippen LogP contribution is -2.02. The standard InChI is InChI=1S/C14H15F2N3S/c1-2-7-18-13-9-17-8-12(19-13)10-3-5-11(6-4-10)20-14(15)16/h3-6,8-9,14H,2,7H2,1H3,(H,18,19). The Bertz CT molecular complexity index is 546. The molecule has 0 saturated carbocycles. The molecule has 0 saturated heterocycles. The van der Waals surface area contributed by atoms with Gasteiger partial charge in [0.2, 0.25) is 0 Å². The summed E-state index contributed by atoms with van der Waals surface area (Å²) in [4.78, 5) is 9.12. The van der Waals surface area contributed by atoms with Crippen LogP contribution in [0.25, 0.3) is 11.3 Å². The minimum absolute atomic E-state index is 0.535. The Hall–Kier alpha value is -1.69. The smallest absolute Gasteiger partial charge is 0.288 e. The zero-order valence-electron chi connectivity index (χ0n) is 11.0. The summed E-state index contributed by atoms with van der Waals surface area (Å²) in [6, 6.07) is 6.89. The molecule has 0 amide bonds. The second-order valence-electron chi connectivity index (χ2n) is 4.12. The van der Waals surface area contributed by atoms with Crippen LogP contribution in [0.3, 0.4) is 0 Å². The second-order valence-corrected chi connectivity index (χ2v) is 5.18. The minimum atomic E-state index is -2.40. The number of anilines is 1. The molecule has 0 fully saturated rings. The molecule has 106 valence electrons. The van der Waals surface area contributed by atoms with E-state index in [1.807, 2.05) is 0 Å². The summed E-state index contributed by atoms with van der Waals surface area (Å²) < 4.78 is 24.5. The van der Waals surface area contributed by atoms with E-state index in [1.54, 1.807) is 36.7 Å². The van der Waals surface area contributed by atoms with Crippen molar-refractivity contribution < 1.29 is 8.78 Å². The van der Waals surface area contributed by atoms with Crippen LogP contribution in [-0.4, -0.2) is 22.3 Å². The lowest BCUT2D eigenvalue weighted by Gasteiger charge is -2.06. The van der Waals surface area contributed by atoms with Gasteiger partial charge in [-0.3, -0.25) is 4.98 Å². The molecule has 0 aliphatic rings. The van der Waals surface area contributed by atoms with Gasteiger partial charge in [-0.1, -0.05) is 30.8 Å². The zero-order chi connectivity index (χ0) is 14.4. The Morgan fingerprint density at radius 1 is 1.20 bits per heavy atom. The molecule has 2 rings (SSSR count). The Morgan fingerprint density at radius 3 is 2.60 bits per heavy atom. The van der Waals surface area contributed by atoms with Crippen molar-refractivity contribution in [3.05, 3.63) is 36.7 Å². The maximum Gasteiger partial charge on any atom is 0.288 e. The molecule has 0 atom stereocenters. The Morgan fingerprint density at radius 2 is 1.95 bits per heavy atom. The monoisotopic (exact) mass is 295 g/mol. The van der Waals surface area contributed by atoms with Crippen LogP contribution < -0.4 is 5.32 Å². The number of thioether (sulfide) groups is 1. The van der Waals surface area contributed by atoms with Crippen molar-refractivity contribution in [3.63, 3.8) is 0 Å². The van der Waals surface area contributed by atoms with Crippen molar-refractivity contribution in [2.75, 3.05) is 11.9 Å². The molecule has 3 nitrogen and oxygen atoms in total. The first-order valence-electron chi connectivity index (χ1n) is 6.30. The number of nitrogens with one attached hydrogen (secondary N) is 1. The molecule has 0 spiro atoms. The van der Waals surface area contributed by atoms with Gasteiger partial charge in [-0.15, -0.1) is 0 Å². The Labute approximate surface area is 120 Å². The normalized spacial score (nSPS) is 10.8. The molecule has 0 aliphatic heterocycles. The summed E-state index contributed by atoms with van der Waals surface area (Å²) in [6.45, 7) is 2.91. The first kappa shape index (κ1) is 14.7. The van der Waals surface area contributed by atoms with E-state index < -0.39 is 5.76 Å². The van der Waals surface area contributed by atoms with Gasteiger partial charge >= 0.3 is 0 Å². The van der Waals surface area contributed by atoms with Gasteiger partial charge in [0.25, 0.3) is 5.76 Å². The van der Waals surface area contributed by atoms with E-state index >= 15 is 0 Å². The molecule has 0 radical (unpaired) electrons. The average Bonchev–Trinajstić information content (AvgIpc) is 2.45. The molecule has 0 unspecified atom stereocenters. The molecule has 1 N–H and O–H groups in total. The van der Waals surface area contributed by atoms with E-state index in [0.717, 1.165) is 30.0 Å². The summed E-state index contributed by atoms with van der Waals surface area (Å²) >= 11 is 0.535. The van der Waals surface area contributed by atoms with Crippen LogP contribution in [0.15, 0.2) is 41.6 Å². The Kier molecular flexibility index (Phi) is 5.29. The van der Waals surface area contributed by atoms with Crippen molar-refractivity contribution in [3.8, 4) is 11.3 Å². The van der Waals surface area contributed by atoms with Crippen LogP contribution in [0, 0.1) is 0 Å². The second kappa shape index (κ2) is 7.19. The number of alkyl halides is 2. The van der Waals surface area contributed by atoms with Crippen molar-refractivity contribution in [2.45, 2.75) is 24.0 Å². The van der Waals surface area contributed by atoms with Crippen molar-refractivity contribution in [1.82, 2.24) is 9.97 Å². The van der Waals surface area contributed by atoms with Crippen LogP contribution in [0.1, 0.15) is 13.3 Å². The van der Waals surface area contributed by atoms with E-state index in [4.69, 9.17) is 0 Å². The number of benzene rings is 1. The zero-order valence-corrected chi connectivity index (χ0v) is 11.8. The van der Waals surface area contributed by atoms with Gasteiger partial charge in [-0.2, -0.15) is 8.78 Å². The quantitative estimate of drug-likeness (QED) is 0.807. The average molecular weight is 295 g/mol. The van der Waals surface area contributed by atoms with E-state index in [1.165, 1.54) is 0 Å². The molecular formula is C14H15F2N3S. The molecule has 1 heterocycles. The number of rotatable bonds is 6. The number of hydrogen-bond acceptors (Lipinski definition) is 4. The highest BCUT2D eigenvalue weighted by atomic mass is 32.2. The number of hydrogen-bond donors (Lipinski definition) is 1. The highest BCUT2D eigenvalue weighted by molar-refractivity contribution is 7.99. The fourth-order valence-electron chi connectivity index (χ4n) is 1.65. The van der Waals surface area contributed by atoms with Crippen molar-refractivity contribution >= 4 is 17.6 Å². The molecular weight excluding hydrogens is 280 g/mol. The topological polar surface area (TPSA) is 37.8 Å². The number of aromatic nitrogens is 2. The lowest BCUT2D eigenvalue weighted by atomic mass is 10.2. The molecule has 20 heavy (non-hydrogen) atoms. The number of halogens is 2. The lowest BCUT2D eigenvalue weighted by molar-refractivity contribution is 0.252. The fourth-order valence-corrected chi connectivity index (χ4v) is 2.15. The van der Waals surface area contributed by atoms with Gasteiger partial charge in [0, 0.05) is 17.0 Å². The molecule has 0 aliphatic carbocycles. The summed E-state index contributed by atoms with van der Waals surface area (Å²) in [6.07, 6.45) is 4.33. The van der Waals surface area contributed by atoms with E-state index in [9.17, 15) is 8.78 Å². The van der Waals surface area contributed by atoms with Crippen molar-refractivity contribution in [2.24, 2.45) is 0 Å². The fraction of sp³-hybridized carbons (Fsp3) is 0.286. The van der Waals surface area contributed by atoms with Gasteiger partial charge < -0.3 is 5.32 Å². The van der Waals surface area contributed by atoms with Gasteiger partial charge in [-0.25, -0.2) is 4.98 Å². The largest absolute Gasteiger partial charge is 0.369 e. The summed E-state index contributed by atoms with van der Waals surface area (Å²) in [7, 11) is 0. The van der Waals surface area contributed by atoms with Crippen LogP contribution in [0.4, 0.5) is 14.6 Å². The molecule has 6 heteroatoms. The first-order valence-corrected chi connectivity index (χ1v) is 7.18. The third-order valence-electron chi connectivity index (χ3n) is 2.57. The Balaban J connectivity index is 2.14. The van der Waals surface area contributed by atoms with Crippen LogP contribution in [0.5, 0.6) is 0 Å². The number of nitrogens with zero attached hydrogens (tertiary/aromatic N) is 2. The summed E-state index contributed by atoms with van der Waals surface area (Å²) in [5, 5.41) is 3.17. The van der Waals surface area contributed by atoms with Gasteiger partial charge in [0.05, 0.1) is 18.1 Å². The molecule has 0 bridgehead atoms. The maximum atomic E-state index is 12.2. The predicted octanol–water partition coefficient (Wildman–Crippen LogP) is 4.28. The third-order valence-corrected chi connectivity index (χ3v) is 3.29. The van der Waals surface area contributed by atoms with E-state index in [0.29, 0.717) is 16.7 Å². The van der Waals surface area contributed by atoms with E-state index in [2.05, 4.69) is 22.2 Å². The SMILES string of the molecule is CCCNc1cncc(-c2ccc(SC(F)F)cc2)n1. The highest BCUT2D eigenvalue weighted by Gasteiger charge is 2.06. The highest BCUT2D eigenvalue weighted by Crippen LogP contribution is 2.27. The van der Waals surface area contributed by atoms with Gasteiger partial charge in [0.15, 0.2) is 0 Å². The molecule has 2 aromatic rings. The van der Waals surface area contributed by atoms with E-state index in [-0.39, 0.29) is 0 Å². The maximum absolute atomic E-state index is 12.2.